The van der Waals surface area contributed by atoms with Crippen molar-refractivity contribution in [3.63, 3.8) is 0 Å². The molecule has 0 radical (unpaired) electrons. The van der Waals surface area contributed by atoms with Crippen molar-refractivity contribution in [3.05, 3.63) is 35.4 Å². The number of carbonyl (C=O) groups is 1. The number of ketones is 1. The van der Waals surface area contributed by atoms with Crippen molar-refractivity contribution >= 4 is 5.78 Å². The first-order chi connectivity index (χ1) is 7.49. The number of Topliss-reactive ketones (excluding diaryl/α,β-unsaturated/α-hetero) is 1. The fourth-order valence-corrected chi connectivity index (χ4v) is 1.44. The molecule has 0 bridgehead atoms. The number of benzene rings is 1. The van der Waals surface area contributed by atoms with Crippen molar-refractivity contribution in [3.8, 4) is 0 Å². The fourth-order valence-electron chi connectivity index (χ4n) is 1.44. The normalized spacial score (nSPS) is 12.5. The van der Waals surface area contributed by atoms with Gasteiger partial charge in [0.1, 0.15) is 11.6 Å². The van der Waals surface area contributed by atoms with Gasteiger partial charge >= 0.3 is 0 Å². The van der Waals surface area contributed by atoms with E-state index in [2.05, 4.69) is 0 Å². The van der Waals surface area contributed by atoms with E-state index in [1.54, 1.807) is 0 Å². The second kappa shape index (κ2) is 5.70. The van der Waals surface area contributed by atoms with Crippen molar-refractivity contribution in [2.24, 2.45) is 5.73 Å². The Hall–Kier alpha value is -1.29. The fraction of sp³-hybridized carbons (Fsp3) is 0.417. The third-order valence-electron chi connectivity index (χ3n) is 2.25. The zero-order valence-electron chi connectivity index (χ0n) is 9.17. The number of hydrogen-bond donors (Lipinski definition) is 1. The van der Waals surface area contributed by atoms with Crippen molar-refractivity contribution in [1.82, 2.24) is 0 Å². The van der Waals surface area contributed by atoms with Gasteiger partial charge in [-0.25, -0.2) is 8.78 Å². The lowest BCUT2D eigenvalue weighted by molar-refractivity contribution is 0.0978. The summed E-state index contributed by atoms with van der Waals surface area (Å²) in [7, 11) is 0. The minimum Gasteiger partial charge on any atom is -0.328 e. The molecule has 4 heteroatoms. The average Bonchev–Trinajstić information content (AvgIpc) is 2.15. The molecule has 0 fully saturated rings. The molecule has 0 aromatic heterocycles. The lowest BCUT2D eigenvalue weighted by Crippen LogP contribution is -2.14. The Labute approximate surface area is 93.5 Å². The van der Waals surface area contributed by atoms with Gasteiger partial charge in [0.2, 0.25) is 0 Å². The van der Waals surface area contributed by atoms with Crippen LogP contribution in [0, 0.1) is 11.6 Å². The predicted molar refractivity (Wildman–Crippen MR) is 58.2 cm³/mol. The lowest BCUT2D eigenvalue weighted by Gasteiger charge is -2.04. The lowest BCUT2D eigenvalue weighted by atomic mass is 10.0. The van der Waals surface area contributed by atoms with E-state index in [-0.39, 0.29) is 23.8 Å². The topological polar surface area (TPSA) is 43.1 Å². The van der Waals surface area contributed by atoms with Crippen LogP contribution in [0.25, 0.3) is 0 Å². The standard InChI is InChI=1S/C12H15F2NO/c1-8(15)3-2-4-12(16)9-5-10(13)7-11(14)6-9/h5-8H,2-4,15H2,1H3. The smallest absolute Gasteiger partial charge is 0.163 e. The highest BCUT2D eigenvalue weighted by Gasteiger charge is 2.09. The van der Waals surface area contributed by atoms with Gasteiger partial charge in [0.05, 0.1) is 0 Å². The summed E-state index contributed by atoms with van der Waals surface area (Å²) in [4.78, 5) is 11.6. The molecule has 0 spiro atoms. The largest absolute Gasteiger partial charge is 0.328 e. The second-order valence-corrected chi connectivity index (χ2v) is 3.95. The molecule has 0 saturated carbocycles. The van der Waals surface area contributed by atoms with Gasteiger partial charge in [0.15, 0.2) is 5.78 Å². The molecule has 0 amide bonds. The molecule has 0 aliphatic rings. The predicted octanol–water partition coefficient (Wildman–Crippen LogP) is 2.67. The number of rotatable bonds is 5. The molecule has 2 nitrogen and oxygen atoms in total. The quantitative estimate of drug-likeness (QED) is 0.786. The van der Waals surface area contributed by atoms with E-state index in [4.69, 9.17) is 5.73 Å². The summed E-state index contributed by atoms with van der Waals surface area (Å²) in [5, 5.41) is 0. The molecule has 16 heavy (non-hydrogen) atoms. The van der Waals surface area contributed by atoms with Crippen molar-refractivity contribution in [2.45, 2.75) is 32.2 Å². The number of nitrogens with two attached hydrogens (primary N) is 1. The zero-order chi connectivity index (χ0) is 12.1. The van der Waals surface area contributed by atoms with E-state index in [0.717, 1.165) is 24.6 Å². The van der Waals surface area contributed by atoms with E-state index in [1.807, 2.05) is 6.92 Å². The summed E-state index contributed by atoms with van der Waals surface area (Å²) in [6.07, 6.45) is 1.63. The van der Waals surface area contributed by atoms with Crippen LogP contribution < -0.4 is 5.73 Å². The second-order valence-electron chi connectivity index (χ2n) is 3.95. The highest BCUT2D eigenvalue weighted by molar-refractivity contribution is 5.96. The van der Waals surface area contributed by atoms with Gasteiger partial charge in [0.25, 0.3) is 0 Å². The van der Waals surface area contributed by atoms with Gasteiger partial charge in [-0.3, -0.25) is 4.79 Å². The molecule has 88 valence electrons. The first-order valence-corrected chi connectivity index (χ1v) is 5.24. The van der Waals surface area contributed by atoms with E-state index >= 15 is 0 Å². The van der Waals surface area contributed by atoms with Crippen molar-refractivity contribution in [2.75, 3.05) is 0 Å². The molecular weight excluding hydrogens is 212 g/mol. The van der Waals surface area contributed by atoms with Crippen molar-refractivity contribution in [1.29, 1.82) is 0 Å². The Kier molecular flexibility index (Phi) is 4.55. The van der Waals surface area contributed by atoms with Gasteiger partial charge in [-0.2, -0.15) is 0 Å². The van der Waals surface area contributed by atoms with Crippen LogP contribution >= 0.6 is 0 Å². The van der Waals surface area contributed by atoms with E-state index in [1.165, 1.54) is 0 Å². The number of halogens is 2. The Morgan fingerprint density at radius 3 is 2.38 bits per heavy atom. The van der Waals surface area contributed by atoms with Crippen LogP contribution in [0.15, 0.2) is 18.2 Å². The molecule has 1 unspecified atom stereocenters. The van der Waals surface area contributed by atoms with Crippen LogP contribution in [0.1, 0.15) is 36.5 Å². The summed E-state index contributed by atoms with van der Waals surface area (Å²) in [5.41, 5.74) is 5.62. The van der Waals surface area contributed by atoms with Crippen LogP contribution in [0.4, 0.5) is 8.78 Å². The van der Waals surface area contributed by atoms with Gasteiger partial charge < -0.3 is 5.73 Å². The summed E-state index contributed by atoms with van der Waals surface area (Å²) < 4.78 is 25.7. The minimum absolute atomic E-state index is 0.0389. The van der Waals surface area contributed by atoms with Crippen molar-refractivity contribution < 1.29 is 13.6 Å². The Morgan fingerprint density at radius 1 is 1.31 bits per heavy atom. The SMILES string of the molecule is CC(N)CCCC(=O)c1cc(F)cc(F)c1. The molecule has 1 aromatic carbocycles. The van der Waals surface area contributed by atoms with Crippen LogP contribution in [0.2, 0.25) is 0 Å². The molecule has 1 atom stereocenters. The van der Waals surface area contributed by atoms with Gasteiger partial charge in [-0.1, -0.05) is 0 Å². The number of hydrogen-bond acceptors (Lipinski definition) is 2. The minimum atomic E-state index is -0.726. The monoisotopic (exact) mass is 227 g/mol. The maximum Gasteiger partial charge on any atom is 0.163 e. The molecule has 2 N–H and O–H groups in total. The van der Waals surface area contributed by atoms with E-state index in [0.29, 0.717) is 6.42 Å². The van der Waals surface area contributed by atoms with Gasteiger partial charge in [-0.05, 0) is 31.9 Å². The first kappa shape index (κ1) is 12.8. The summed E-state index contributed by atoms with van der Waals surface area (Å²) in [5.74, 6) is -1.70. The average molecular weight is 227 g/mol. The Bertz CT molecular complexity index is 357. The molecular formula is C12H15F2NO. The highest BCUT2D eigenvalue weighted by Crippen LogP contribution is 2.12. The third kappa shape index (κ3) is 4.06. The molecule has 1 rings (SSSR count). The molecule has 0 saturated heterocycles. The summed E-state index contributed by atoms with van der Waals surface area (Å²) in [6, 6.07) is 2.89. The Balaban J connectivity index is 2.59. The maximum atomic E-state index is 12.8. The van der Waals surface area contributed by atoms with Gasteiger partial charge in [-0.15, -0.1) is 0 Å². The first-order valence-electron chi connectivity index (χ1n) is 5.24. The summed E-state index contributed by atoms with van der Waals surface area (Å²) >= 11 is 0. The third-order valence-corrected chi connectivity index (χ3v) is 2.25. The van der Waals surface area contributed by atoms with Crippen LogP contribution in [0.5, 0.6) is 0 Å². The van der Waals surface area contributed by atoms with E-state index in [9.17, 15) is 13.6 Å². The zero-order valence-corrected chi connectivity index (χ0v) is 9.17. The van der Waals surface area contributed by atoms with Gasteiger partial charge in [0, 0.05) is 24.1 Å². The van der Waals surface area contributed by atoms with Crippen LogP contribution in [0.3, 0.4) is 0 Å². The highest BCUT2D eigenvalue weighted by atomic mass is 19.1. The maximum absolute atomic E-state index is 12.8. The molecule has 0 aliphatic heterocycles. The Morgan fingerprint density at radius 2 is 1.88 bits per heavy atom. The van der Waals surface area contributed by atoms with Crippen LogP contribution in [-0.4, -0.2) is 11.8 Å². The molecule has 1 aromatic rings. The summed E-state index contributed by atoms with van der Waals surface area (Å²) in [6.45, 7) is 1.85. The van der Waals surface area contributed by atoms with Crippen LogP contribution in [-0.2, 0) is 0 Å². The van der Waals surface area contributed by atoms with E-state index < -0.39 is 11.6 Å². The molecule has 0 aliphatic carbocycles. The number of carbonyl (C=O) groups excluding carboxylic acids is 1. The molecule has 0 heterocycles.